The molecule has 1 unspecified atom stereocenters. The molecule has 1 saturated heterocycles. The SMILES string of the molecule is C=C(C)[C@@H]1CC2=C(OC)c3cc(OC)cc(OC)c3N(C)C2O1. The van der Waals surface area contributed by atoms with Crippen LogP contribution in [0.1, 0.15) is 18.9 Å². The van der Waals surface area contributed by atoms with Gasteiger partial charge < -0.3 is 23.8 Å². The number of hydrogen-bond acceptors (Lipinski definition) is 5. The number of rotatable bonds is 4. The summed E-state index contributed by atoms with van der Waals surface area (Å²) in [4.78, 5) is 2.09. The van der Waals surface area contributed by atoms with Crippen molar-refractivity contribution >= 4 is 11.4 Å². The van der Waals surface area contributed by atoms with Crippen LogP contribution < -0.4 is 14.4 Å². The van der Waals surface area contributed by atoms with Gasteiger partial charge in [0.1, 0.15) is 17.3 Å². The van der Waals surface area contributed by atoms with Crippen LogP contribution in [-0.2, 0) is 9.47 Å². The van der Waals surface area contributed by atoms with Gasteiger partial charge in [0.2, 0.25) is 0 Å². The van der Waals surface area contributed by atoms with Gasteiger partial charge in [0, 0.05) is 30.7 Å². The molecule has 1 fully saturated rings. The molecule has 3 rings (SSSR count). The van der Waals surface area contributed by atoms with Crippen LogP contribution in [0.2, 0.25) is 0 Å². The molecule has 5 heteroatoms. The summed E-state index contributed by atoms with van der Waals surface area (Å²) in [5.41, 5.74) is 4.06. The van der Waals surface area contributed by atoms with E-state index in [2.05, 4.69) is 11.5 Å². The second-order valence-corrected chi connectivity index (χ2v) is 5.92. The van der Waals surface area contributed by atoms with E-state index < -0.39 is 0 Å². The van der Waals surface area contributed by atoms with Gasteiger partial charge in [-0.2, -0.15) is 0 Å². The van der Waals surface area contributed by atoms with Gasteiger partial charge in [-0.25, -0.2) is 0 Å². The summed E-state index contributed by atoms with van der Waals surface area (Å²) in [7, 11) is 6.99. The van der Waals surface area contributed by atoms with E-state index in [4.69, 9.17) is 18.9 Å². The van der Waals surface area contributed by atoms with Gasteiger partial charge in [0.15, 0.2) is 6.23 Å². The predicted molar refractivity (Wildman–Crippen MR) is 90.0 cm³/mol. The molecule has 23 heavy (non-hydrogen) atoms. The molecule has 1 aromatic carbocycles. The second kappa shape index (κ2) is 5.81. The molecule has 2 aliphatic rings. The van der Waals surface area contributed by atoms with E-state index in [1.807, 2.05) is 26.1 Å². The first-order valence-corrected chi connectivity index (χ1v) is 7.58. The molecule has 2 aliphatic heterocycles. The summed E-state index contributed by atoms with van der Waals surface area (Å²) in [6.45, 7) is 6.02. The molecule has 5 nitrogen and oxygen atoms in total. The van der Waals surface area contributed by atoms with Crippen molar-refractivity contribution in [3.8, 4) is 11.5 Å². The molecule has 124 valence electrons. The summed E-state index contributed by atoms with van der Waals surface area (Å²) >= 11 is 0. The maximum Gasteiger partial charge on any atom is 0.157 e. The highest BCUT2D eigenvalue weighted by molar-refractivity contribution is 5.85. The van der Waals surface area contributed by atoms with E-state index in [0.29, 0.717) is 0 Å². The molecule has 0 radical (unpaired) electrons. The monoisotopic (exact) mass is 317 g/mol. The minimum atomic E-state index is -0.165. The standard InChI is InChI=1S/C18H23NO4/c1-10(2)14-9-13-17(22-6)12-7-11(20-4)8-15(21-5)16(12)19(3)18(13)23-14/h7-8,14,18H,1,9H2,2-6H3/t14-,18?/m0/s1. The Balaban J connectivity index is 2.19. The average molecular weight is 317 g/mol. The Bertz CT molecular complexity index is 680. The quantitative estimate of drug-likeness (QED) is 0.798. The molecule has 0 saturated carbocycles. The first-order chi connectivity index (χ1) is 11.0. The Morgan fingerprint density at radius 2 is 1.96 bits per heavy atom. The van der Waals surface area contributed by atoms with Gasteiger partial charge in [-0.05, 0) is 13.0 Å². The lowest BCUT2D eigenvalue weighted by molar-refractivity contribution is 0.0734. The van der Waals surface area contributed by atoms with Gasteiger partial charge in [-0.1, -0.05) is 12.2 Å². The van der Waals surface area contributed by atoms with Crippen LogP contribution in [0.4, 0.5) is 5.69 Å². The lowest BCUT2D eigenvalue weighted by Crippen LogP contribution is -2.37. The third kappa shape index (κ3) is 2.36. The minimum absolute atomic E-state index is 0.00445. The molecule has 0 aliphatic carbocycles. The molecule has 2 atom stereocenters. The molecular weight excluding hydrogens is 294 g/mol. The van der Waals surface area contributed by atoms with Gasteiger partial charge in [0.05, 0.1) is 33.1 Å². The summed E-state index contributed by atoms with van der Waals surface area (Å²) in [6.07, 6.45) is 0.623. The molecular formula is C18H23NO4. The normalized spacial score (nSPS) is 22.6. The number of fused-ring (bicyclic) bond motifs is 2. The van der Waals surface area contributed by atoms with Crippen molar-refractivity contribution in [3.63, 3.8) is 0 Å². The van der Waals surface area contributed by atoms with Gasteiger partial charge in [-0.15, -0.1) is 0 Å². The molecule has 0 spiro atoms. The zero-order valence-electron chi connectivity index (χ0n) is 14.3. The van der Waals surface area contributed by atoms with Crippen molar-refractivity contribution in [3.05, 3.63) is 35.4 Å². The van der Waals surface area contributed by atoms with Crippen molar-refractivity contribution in [2.45, 2.75) is 25.7 Å². The fourth-order valence-corrected chi connectivity index (χ4v) is 3.33. The van der Waals surface area contributed by atoms with Crippen LogP contribution in [-0.4, -0.2) is 40.7 Å². The lowest BCUT2D eigenvalue weighted by atomic mass is 9.95. The highest BCUT2D eigenvalue weighted by Crippen LogP contribution is 2.49. The van der Waals surface area contributed by atoms with E-state index >= 15 is 0 Å². The van der Waals surface area contributed by atoms with Crippen molar-refractivity contribution in [1.82, 2.24) is 0 Å². The lowest BCUT2D eigenvalue weighted by Gasteiger charge is -2.35. The van der Waals surface area contributed by atoms with E-state index in [0.717, 1.165) is 46.1 Å². The summed E-state index contributed by atoms with van der Waals surface area (Å²) in [6, 6.07) is 3.85. The Morgan fingerprint density at radius 3 is 2.52 bits per heavy atom. The Morgan fingerprint density at radius 1 is 1.22 bits per heavy atom. The summed E-state index contributed by atoms with van der Waals surface area (Å²) in [5, 5.41) is 0. The maximum atomic E-state index is 6.19. The molecule has 2 heterocycles. The number of nitrogens with zero attached hydrogens (tertiary/aromatic N) is 1. The smallest absolute Gasteiger partial charge is 0.157 e. The largest absolute Gasteiger partial charge is 0.497 e. The van der Waals surface area contributed by atoms with Crippen molar-refractivity contribution in [2.24, 2.45) is 0 Å². The fourth-order valence-electron chi connectivity index (χ4n) is 3.33. The van der Waals surface area contributed by atoms with Crippen LogP contribution in [0.15, 0.2) is 29.9 Å². The molecule has 0 bridgehead atoms. The number of hydrogen-bond donors (Lipinski definition) is 0. The van der Waals surface area contributed by atoms with Crippen molar-refractivity contribution in [1.29, 1.82) is 0 Å². The van der Waals surface area contributed by atoms with E-state index in [9.17, 15) is 0 Å². The van der Waals surface area contributed by atoms with Crippen LogP contribution in [0, 0.1) is 0 Å². The van der Waals surface area contributed by atoms with Gasteiger partial charge in [0.25, 0.3) is 0 Å². The zero-order valence-corrected chi connectivity index (χ0v) is 14.3. The number of anilines is 1. The topological polar surface area (TPSA) is 40.2 Å². The number of methoxy groups -OCH3 is 3. The second-order valence-electron chi connectivity index (χ2n) is 5.92. The molecule has 0 N–H and O–H groups in total. The van der Waals surface area contributed by atoms with Crippen molar-refractivity contribution in [2.75, 3.05) is 33.3 Å². The predicted octanol–water partition coefficient (Wildman–Crippen LogP) is 3.20. The van der Waals surface area contributed by atoms with Crippen LogP contribution >= 0.6 is 0 Å². The van der Waals surface area contributed by atoms with E-state index in [1.165, 1.54) is 0 Å². The Kier molecular flexibility index (Phi) is 3.98. The first-order valence-electron chi connectivity index (χ1n) is 7.58. The van der Waals surface area contributed by atoms with Crippen molar-refractivity contribution < 1.29 is 18.9 Å². The third-order valence-corrected chi connectivity index (χ3v) is 4.50. The molecule has 1 aromatic rings. The van der Waals surface area contributed by atoms with Crippen LogP contribution in [0.3, 0.4) is 0 Å². The number of ether oxygens (including phenoxy) is 4. The summed E-state index contributed by atoms with van der Waals surface area (Å²) in [5.74, 6) is 2.31. The summed E-state index contributed by atoms with van der Waals surface area (Å²) < 4.78 is 22.9. The molecule has 0 amide bonds. The maximum absolute atomic E-state index is 6.19. The number of likely N-dealkylation sites (N-methyl/N-ethyl adjacent to an activating group) is 1. The first kappa shape index (κ1) is 15.7. The Labute approximate surface area is 137 Å². The molecule has 0 aromatic heterocycles. The fraction of sp³-hybridized carbons (Fsp3) is 0.444. The zero-order chi connectivity index (χ0) is 16.7. The van der Waals surface area contributed by atoms with E-state index in [1.54, 1.807) is 21.3 Å². The highest BCUT2D eigenvalue weighted by Gasteiger charge is 2.42. The highest BCUT2D eigenvalue weighted by atomic mass is 16.5. The van der Waals surface area contributed by atoms with Crippen LogP contribution in [0.5, 0.6) is 11.5 Å². The van der Waals surface area contributed by atoms with E-state index in [-0.39, 0.29) is 12.3 Å². The number of benzene rings is 1. The third-order valence-electron chi connectivity index (χ3n) is 4.50. The Hall–Kier alpha value is -2.14. The van der Waals surface area contributed by atoms with Gasteiger partial charge >= 0.3 is 0 Å². The minimum Gasteiger partial charge on any atom is -0.497 e. The average Bonchev–Trinajstić information content (AvgIpc) is 2.99. The van der Waals surface area contributed by atoms with Crippen LogP contribution in [0.25, 0.3) is 5.76 Å². The van der Waals surface area contributed by atoms with Gasteiger partial charge in [-0.3, -0.25) is 0 Å².